The van der Waals surface area contributed by atoms with E-state index >= 15 is 0 Å². The first-order valence-corrected chi connectivity index (χ1v) is 4.54. The van der Waals surface area contributed by atoms with E-state index in [-0.39, 0.29) is 17.0 Å². The number of nitrogens with one attached hydrogen (secondary N) is 1. The van der Waals surface area contributed by atoms with Gasteiger partial charge < -0.3 is 10.1 Å². The monoisotopic (exact) mass is 205 g/mol. The summed E-state index contributed by atoms with van der Waals surface area (Å²) in [6.07, 6.45) is 3.46. The first kappa shape index (κ1) is 9.51. The van der Waals surface area contributed by atoms with Crippen LogP contribution in [0.15, 0.2) is 23.6 Å². The minimum Gasteiger partial charge on any atom is -0.493 e. The lowest BCUT2D eigenvalue weighted by atomic mass is 10.2. The maximum absolute atomic E-state index is 11.6. The Labute approximate surface area is 85.7 Å². The van der Waals surface area contributed by atoms with Gasteiger partial charge in [0.2, 0.25) is 5.88 Å². The Morgan fingerprint density at radius 1 is 1.73 bits per heavy atom. The zero-order valence-electron chi connectivity index (χ0n) is 8.32. The van der Waals surface area contributed by atoms with Gasteiger partial charge in [0.15, 0.2) is 0 Å². The molecule has 0 aliphatic heterocycles. The van der Waals surface area contributed by atoms with Gasteiger partial charge >= 0.3 is 0 Å². The minimum absolute atomic E-state index is 0.123. The van der Waals surface area contributed by atoms with Crippen molar-refractivity contribution in [1.82, 2.24) is 14.6 Å². The summed E-state index contributed by atoms with van der Waals surface area (Å²) in [5.41, 5.74) is 1.31. The number of fused-ring (bicyclic) bond motifs is 1. The number of nitrogens with zero attached hydrogens (tertiary/aromatic N) is 2. The molecule has 0 aliphatic rings. The Balaban J connectivity index is 2.85. The molecule has 78 valence electrons. The fourth-order valence-electron chi connectivity index (χ4n) is 1.48. The largest absolute Gasteiger partial charge is 0.493 e. The van der Waals surface area contributed by atoms with Crippen molar-refractivity contribution in [3.63, 3.8) is 0 Å². The first-order valence-electron chi connectivity index (χ1n) is 4.54. The molecule has 0 atom stereocenters. The third-order valence-corrected chi connectivity index (χ3v) is 2.28. The molecule has 2 heterocycles. The molecule has 2 aromatic rings. The van der Waals surface area contributed by atoms with Crippen LogP contribution in [0.2, 0.25) is 0 Å². The molecule has 0 bridgehead atoms. The number of hydrogen-bond acceptors (Lipinski definition) is 3. The minimum atomic E-state index is -0.302. The maximum atomic E-state index is 11.6. The van der Waals surface area contributed by atoms with Gasteiger partial charge in [-0.15, -0.1) is 6.58 Å². The van der Waals surface area contributed by atoms with Crippen molar-refractivity contribution in [1.29, 1.82) is 0 Å². The second-order valence-corrected chi connectivity index (χ2v) is 3.34. The average Bonchev–Trinajstić information content (AvgIpc) is 2.55. The molecule has 2 rings (SSSR count). The van der Waals surface area contributed by atoms with Gasteiger partial charge in [0, 0.05) is 12.0 Å². The van der Waals surface area contributed by atoms with Crippen molar-refractivity contribution in [2.24, 2.45) is 0 Å². The summed E-state index contributed by atoms with van der Waals surface area (Å²) >= 11 is 0. The maximum Gasteiger partial charge on any atom is 0.258 e. The second kappa shape index (κ2) is 3.27. The number of H-pyrrole nitrogens is 1. The van der Waals surface area contributed by atoms with Crippen LogP contribution in [0.1, 0.15) is 11.1 Å². The predicted octanol–water partition coefficient (Wildman–Crippen LogP) is 0.765. The normalized spacial score (nSPS) is 10.7. The van der Waals surface area contributed by atoms with Gasteiger partial charge in [-0.25, -0.2) is 0 Å². The third kappa shape index (κ3) is 1.32. The van der Waals surface area contributed by atoms with Crippen LogP contribution >= 0.6 is 0 Å². The summed E-state index contributed by atoms with van der Waals surface area (Å²) in [7, 11) is 0. The fourth-order valence-corrected chi connectivity index (χ4v) is 1.48. The van der Waals surface area contributed by atoms with E-state index in [0.29, 0.717) is 12.1 Å². The number of allylic oxidation sites excluding steroid dienone is 1. The quantitative estimate of drug-likeness (QED) is 0.711. The van der Waals surface area contributed by atoms with Gasteiger partial charge in [-0.2, -0.15) is 9.61 Å². The van der Waals surface area contributed by atoms with E-state index in [2.05, 4.69) is 16.7 Å². The van der Waals surface area contributed by atoms with Crippen molar-refractivity contribution in [2.45, 2.75) is 13.3 Å². The highest BCUT2D eigenvalue weighted by atomic mass is 16.3. The number of aromatic hydroxyl groups is 1. The summed E-state index contributed by atoms with van der Waals surface area (Å²) in [4.78, 5) is 14.3. The van der Waals surface area contributed by atoms with E-state index in [1.165, 1.54) is 4.52 Å². The molecule has 0 radical (unpaired) electrons. The molecule has 0 aromatic carbocycles. The number of aromatic amines is 1. The number of aryl methyl sites for hydroxylation is 1. The molecule has 5 nitrogen and oxygen atoms in total. The fraction of sp³-hybridized carbons (Fsp3) is 0.200. The van der Waals surface area contributed by atoms with E-state index in [9.17, 15) is 9.90 Å². The highest BCUT2D eigenvalue weighted by Crippen LogP contribution is 2.16. The Kier molecular flexibility index (Phi) is 2.07. The SMILES string of the molecule is C=CCc1c(O)n2ncc(C)c2[nH]c1=O. The third-order valence-electron chi connectivity index (χ3n) is 2.28. The van der Waals surface area contributed by atoms with E-state index in [4.69, 9.17) is 0 Å². The molecule has 2 aromatic heterocycles. The zero-order chi connectivity index (χ0) is 11.0. The molecule has 5 heteroatoms. The molecule has 0 unspecified atom stereocenters. The van der Waals surface area contributed by atoms with Crippen molar-refractivity contribution in [3.05, 3.63) is 40.3 Å². The average molecular weight is 205 g/mol. The van der Waals surface area contributed by atoms with Crippen LogP contribution in [0.4, 0.5) is 0 Å². The summed E-state index contributed by atoms with van der Waals surface area (Å²) in [6, 6.07) is 0. The molecular formula is C10H11N3O2. The lowest BCUT2D eigenvalue weighted by Crippen LogP contribution is -2.15. The number of rotatable bonds is 2. The van der Waals surface area contributed by atoms with Gasteiger partial charge in [-0.3, -0.25) is 4.79 Å². The van der Waals surface area contributed by atoms with E-state index in [0.717, 1.165) is 5.56 Å². The van der Waals surface area contributed by atoms with Crippen molar-refractivity contribution in [2.75, 3.05) is 0 Å². The molecule has 2 N–H and O–H groups in total. The first-order chi connectivity index (χ1) is 7.15. The van der Waals surface area contributed by atoms with Crippen molar-refractivity contribution in [3.8, 4) is 5.88 Å². The molecule has 15 heavy (non-hydrogen) atoms. The molecule has 0 saturated heterocycles. The van der Waals surface area contributed by atoms with Crippen LogP contribution in [0, 0.1) is 6.92 Å². The van der Waals surface area contributed by atoms with Crippen molar-refractivity contribution < 1.29 is 5.11 Å². The Morgan fingerprint density at radius 3 is 3.13 bits per heavy atom. The standard InChI is InChI=1S/C10H11N3O2/c1-3-4-7-9(14)12-8-6(2)5-11-13(8)10(7)15/h3,5,15H,1,4H2,2H3,(H,12,14). The summed E-state index contributed by atoms with van der Waals surface area (Å²) in [5, 5.41) is 13.8. The van der Waals surface area contributed by atoms with Crippen LogP contribution in [-0.2, 0) is 6.42 Å². The van der Waals surface area contributed by atoms with Gasteiger partial charge in [0.05, 0.1) is 11.8 Å². The molecule has 0 aliphatic carbocycles. The van der Waals surface area contributed by atoms with Gasteiger partial charge in [-0.05, 0) is 6.92 Å². The number of hydrogen-bond donors (Lipinski definition) is 2. The molecule has 0 fully saturated rings. The zero-order valence-corrected chi connectivity index (χ0v) is 8.32. The van der Waals surface area contributed by atoms with Gasteiger partial charge in [-0.1, -0.05) is 6.08 Å². The smallest absolute Gasteiger partial charge is 0.258 e. The van der Waals surface area contributed by atoms with Crippen molar-refractivity contribution >= 4 is 5.65 Å². The Morgan fingerprint density at radius 2 is 2.47 bits per heavy atom. The van der Waals surface area contributed by atoms with Gasteiger partial charge in [0.1, 0.15) is 5.65 Å². The highest BCUT2D eigenvalue weighted by Gasteiger charge is 2.12. The second-order valence-electron chi connectivity index (χ2n) is 3.34. The lowest BCUT2D eigenvalue weighted by molar-refractivity contribution is 0.428. The van der Waals surface area contributed by atoms with Crippen LogP contribution in [-0.4, -0.2) is 19.7 Å². The van der Waals surface area contributed by atoms with E-state index in [1.54, 1.807) is 12.3 Å². The van der Waals surface area contributed by atoms with Crippen LogP contribution in [0.5, 0.6) is 5.88 Å². The van der Waals surface area contributed by atoms with E-state index in [1.807, 2.05) is 6.92 Å². The molecule has 0 spiro atoms. The van der Waals surface area contributed by atoms with Gasteiger partial charge in [0.25, 0.3) is 5.56 Å². The Bertz CT molecular complexity index is 580. The summed E-state index contributed by atoms with van der Waals surface area (Å²) in [6.45, 7) is 5.34. The van der Waals surface area contributed by atoms with E-state index < -0.39 is 0 Å². The lowest BCUT2D eigenvalue weighted by Gasteiger charge is -2.03. The van der Waals surface area contributed by atoms with Crippen LogP contribution < -0.4 is 5.56 Å². The highest BCUT2D eigenvalue weighted by molar-refractivity contribution is 5.48. The molecule has 0 saturated carbocycles. The van der Waals surface area contributed by atoms with Crippen LogP contribution in [0.3, 0.4) is 0 Å². The Hall–Kier alpha value is -2.04. The summed E-state index contributed by atoms with van der Waals surface area (Å²) in [5.74, 6) is -0.123. The topological polar surface area (TPSA) is 70.4 Å². The predicted molar refractivity (Wildman–Crippen MR) is 56.1 cm³/mol. The molecule has 0 amide bonds. The summed E-state index contributed by atoms with van der Waals surface area (Å²) < 4.78 is 1.32. The molecular weight excluding hydrogens is 194 g/mol. The number of aromatic nitrogens is 3. The van der Waals surface area contributed by atoms with Crippen LogP contribution in [0.25, 0.3) is 5.65 Å².